The van der Waals surface area contributed by atoms with E-state index in [4.69, 9.17) is 4.98 Å². The number of nitrogens with zero attached hydrogens (tertiary/aromatic N) is 2. The highest BCUT2D eigenvalue weighted by Crippen LogP contribution is 2.29. The molecule has 1 aromatic rings. The zero-order valence-electron chi connectivity index (χ0n) is 11.2. The zero-order chi connectivity index (χ0) is 12.3. The first kappa shape index (κ1) is 12.4. The van der Waals surface area contributed by atoms with Gasteiger partial charge in [-0.3, -0.25) is 0 Å². The number of rotatable bonds is 6. The molecule has 3 heteroatoms. The summed E-state index contributed by atoms with van der Waals surface area (Å²) < 4.78 is 0. The lowest BCUT2D eigenvalue weighted by molar-refractivity contribution is 0.796. The summed E-state index contributed by atoms with van der Waals surface area (Å²) in [6.07, 6.45) is 4.86. The molecule has 1 aromatic heterocycles. The molecule has 1 fully saturated rings. The fourth-order valence-corrected chi connectivity index (χ4v) is 2.15. The van der Waals surface area contributed by atoms with Gasteiger partial charge in [-0.25, -0.2) is 4.98 Å². The van der Waals surface area contributed by atoms with E-state index in [9.17, 15) is 0 Å². The Morgan fingerprint density at radius 3 is 2.76 bits per heavy atom. The molecular weight excluding hydrogens is 210 g/mol. The predicted octanol–water partition coefficient (Wildman–Crippen LogP) is 2.35. The summed E-state index contributed by atoms with van der Waals surface area (Å²) in [4.78, 5) is 7.10. The molecule has 0 spiro atoms. The maximum atomic E-state index is 4.76. The summed E-state index contributed by atoms with van der Waals surface area (Å²) in [6.45, 7) is 3.13. The molecule has 0 aromatic carbocycles. The molecule has 1 heterocycles. The summed E-state index contributed by atoms with van der Waals surface area (Å²) in [5.41, 5.74) is 2.57. The van der Waals surface area contributed by atoms with Crippen molar-refractivity contribution in [2.24, 2.45) is 0 Å². The predicted molar refractivity (Wildman–Crippen MR) is 72.4 cm³/mol. The Labute approximate surface area is 104 Å². The van der Waals surface area contributed by atoms with Crippen LogP contribution < -0.4 is 10.2 Å². The lowest BCUT2D eigenvalue weighted by Gasteiger charge is -2.19. The van der Waals surface area contributed by atoms with Gasteiger partial charge in [-0.05, 0) is 44.0 Å². The Morgan fingerprint density at radius 2 is 2.18 bits per heavy atom. The van der Waals surface area contributed by atoms with Gasteiger partial charge < -0.3 is 10.2 Å². The van der Waals surface area contributed by atoms with Gasteiger partial charge in [0.25, 0.3) is 0 Å². The van der Waals surface area contributed by atoms with Crippen molar-refractivity contribution >= 4 is 5.82 Å². The summed E-state index contributed by atoms with van der Waals surface area (Å²) in [5, 5.41) is 3.22. The maximum absolute atomic E-state index is 4.76. The standard InChI is InChI=1S/C14H23N3/c1-4-5-12-8-11(10-15-2)9-14(16-12)17(3)13-6-7-13/h8-9,13,15H,4-7,10H2,1-3H3. The smallest absolute Gasteiger partial charge is 0.129 e. The SMILES string of the molecule is CCCc1cc(CNC)cc(N(C)C2CC2)n1. The van der Waals surface area contributed by atoms with E-state index in [1.165, 1.54) is 24.1 Å². The van der Waals surface area contributed by atoms with E-state index in [-0.39, 0.29) is 0 Å². The fourth-order valence-electron chi connectivity index (χ4n) is 2.15. The Kier molecular flexibility index (Phi) is 4.00. The molecule has 1 aliphatic rings. The second-order valence-electron chi connectivity index (χ2n) is 4.95. The first-order valence-corrected chi connectivity index (χ1v) is 6.62. The number of hydrogen-bond donors (Lipinski definition) is 1. The minimum absolute atomic E-state index is 0.724. The third kappa shape index (κ3) is 3.19. The van der Waals surface area contributed by atoms with E-state index < -0.39 is 0 Å². The molecule has 1 saturated carbocycles. The monoisotopic (exact) mass is 233 g/mol. The van der Waals surface area contributed by atoms with Crippen LogP contribution in [-0.4, -0.2) is 25.1 Å². The van der Waals surface area contributed by atoms with E-state index in [1.807, 2.05) is 7.05 Å². The highest BCUT2D eigenvalue weighted by molar-refractivity contribution is 5.44. The van der Waals surface area contributed by atoms with Crippen LogP contribution in [0.25, 0.3) is 0 Å². The van der Waals surface area contributed by atoms with Crippen LogP contribution in [0.5, 0.6) is 0 Å². The Bertz CT molecular complexity index is 347. The van der Waals surface area contributed by atoms with E-state index >= 15 is 0 Å². The molecule has 0 unspecified atom stereocenters. The van der Waals surface area contributed by atoms with Crippen molar-refractivity contribution in [2.45, 2.75) is 45.2 Å². The van der Waals surface area contributed by atoms with Gasteiger partial charge in [-0.1, -0.05) is 13.3 Å². The topological polar surface area (TPSA) is 28.2 Å². The van der Waals surface area contributed by atoms with E-state index in [0.717, 1.165) is 31.2 Å². The number of pyridine rings is 1. The molecule has 0 radical (unpaired) electrons. The fraction of sp³-hybridized carbons (Fsp3) is 0.643. The molecular formula is C14H23N3. The third-order valence-electron chi connectivity index (χ3n) is 3.27. The average molecular weight is 233 g/mol. The van der Waals surface area contributed by atoms with Gasteiger partial charge in [-0.2, -0.15) is 0 Å². The largest absolute Gasteiger partial charge is 0.357 e. The molecule has 0 amide bonds. The van der Waals surface area contributed by atoms with Gasteiger partial charge in [0.1, 0.15) is 5.82 Å². The highest BCUT2D eigenvalue weighted by atomic mass is 15.2. The van der Waals surface area contributed by atoms with Crippen LogP contribution in [-0.2, 0) is 13.0 Å². The van der Waals surface area contributed by atoms with Crippen molar-refractivity contribution in [1.29, 1.82) is 0 Å². The Balaban J connectivity index is 2.22. The second kappa shape index (κ2) is 5.50. The van der Waals surface area contributed by atoms with Crippen LogP contribution >= 0.6 is 0 Å². The first-order chi connectivity index (χ1) is 8.24. The van der Waals surface area contributed by atoms with Crippen LogP contribution in [0.4, 0.5) is 5.82 Å². The van der Waals surface area contributed by atoms with Gasteiger partial charge in [-0.15, -0.1) is 0 Å². The summed E-state index contributed by atoms with van der Waals surface area (Å²) in [6, 6.07) is 5.17. The van der Waals surface area contributed by atoms with Crippen molar-refractivity contribution in [3.8, 4) is 0 Å². The summed E-state index contributed by atoms with van der Waals surface area (Å²) in [5.74, 6) is 1.14. The number of anilines is 1. The van der Waals surface area contributed by atoms with Gasteiger partial charge in [0.05, 0.1) is 0 Å². The summed E-state index contributed by atoms with van der Waals surface area (Å²) >= 11 is 0. The highest BCUT2D eigenvalue weighted by Gasteiger charge is 2.27. The van der Waals surface area contributed by atoms with Crippen molar-refractivity contribution in [2.75, 3.05) is 19.0 Å². The number of nitrogens with one attached hydrogen (secondary N) is 1. The molecule has 94 valence electrons. The van der Waals surface area contributed by atoms with E-state index in [1.54, 1.807) is 0 Å². The quantitative estimate of drug-likeness (QED) is 0.817. The van der Waals surface area contributed by atoms with Gasteiger partial charge in [0, 0.05) is 25.3 Å². The van der Waals surface area contributed by atoms with Gasteiger partial charge in [0.2, 0.25) is 0 Å². The Hall–Kier alpha value is -1.09. The van der Waals surface area contributed by atoms with E-state index in [0.29, 0.717) is 0 Å². The van der Waals surface area contributed by atoms with E-state index in [2.05, 4.69) is 36.3 Å². The minimum Gasteiger partial charge on any atom is -0.357 e. The van der Waals surface area contributed by atoms with Crippen LogP contribution in [0.2, 0.25) is 0 Å². The van der Waals surface area contributed by atoms with Crippen molar-refractivity contribution in [3.63, 3.8) is 0 Å². The van der Waals surface area contributed by atoms with Crippen molar-refractivity contribution < 1.29 is 0 Å². The van der Waals surface area contributed by atoms with Crippen LogP contribution in [0, 0.1) is 0 Å². The van der Waals surface area contributed by atoms with Crippen LogP contribution in [0.1, 0.15) is 37.4 Å². The third-order valence-corrected chi connectivity index (χ3v) is 3.27. The second-order valence-corrected chi connectivity index (χ2v) is 4.95. The number of hydrogen-bond acceptors (Lipinski definition) is 3. The molecule has 3 nitrogen and oxygen atoms in total. The molecule has 0 aliphatic heterocycles. The van der Waals surface area contributed by atoms with Crippen LogP contribution in [0.3, 0.4) is 0 Å². The van der Waals surface area contributed by atoms with Crippen molar-refractivity contribution in [1.82, 2.24) is 10.3 Å². The molecule has 1 N–H and O–H groups in total. The maximum Gasteiger partial charge on any atom is 0.129 e. The number of aromatic nitrogens is 1. The molecule has 0 bridgehead atoms. The van der Waals surface area contributed by atoms with Crippen molar-refractivity contribution in [3.05, 3.63) is 23.4 Å². The lowest BCUT2D eigenvalue weighted by atomic mass is 10.1. The van der Waals surface area contributed by atoms with Gasteiger partial charge >= 0.3 is 0 Å². The normalized spacial score (nSPS) is 15.0. The molecule has 0 saturated heterocycles. The average Bonchev–Trinajstić information content (AvgIpc) is 3.12. The van der Waals surface area contributed by atoms with Gasteiger partial charge in [0.15, 0.2) is 0 Å². The molecule has 17 heavy (non-hydrogen) atoms. The zero-order valence-corrected chi connectivity index (χ0v) is 11.2. The lowest BCUT2D eigenvalue weighted by Crippen LogP contribution is -2.21. The molecule has 1 aliphatic carbocycles. The number of aryl methyl sites for hydroxylation is 1. The minimum atomic E-state index is 0.724. The van der Waals surface area contributed by atoms with Crippen LogP contribution in [0.15, 0.2) is 12.1 Å². The molecule has 0 atom stereocenters. The summed E-state index contributed by atoms with van der Waals surface area (Å²) in [7, 11) is 4.16. The molecule has 2 rings (SSSR count). The Morgan fingerprint density at radius 1 is 1.41 bits per heavy atom. The first-order valence-electron chi connectivity index (χ1n) is 6.62.